The molecule has 0 aromatic carbocycles. The van der Waals surface area contributed by atoms with Crippen molar-refractivity contribution in [3.8, 4) is 0 Å². The van der Waals surface area contributed by atoms with E-state index in [2.05, 4.69) is 11.8 Å². The Labute approximate surface area is 84.8 Å². The van der Waals surface area contributed by atoms with E-state index < -0.39 is 5.97 Å². The van der Waals surface area contributed by atoms with Crippen molar-refractivity contribution in [2.75, 3.05) is 26.3 Å². The van der Waals surface area contributed by atoms with Gasteiger partial charge in [0, 0.05) is 19.0 Å². The number of carbonyl (C=O) groups is 1. The van der Waals surface area contributed by atoms with E-state index in [0.717, 1.165) is 39.1 Å². The molecule has 1 saturated heterocycles. The number of hydrogen-bond acceptors (Lipinski definition) is 3. The lowest BCUT2D eigenvalue weighted by molar-refractivity contribution is -0.137. The van der Waals surface area contributed by atoms with E-state index in [9.17, 15) is 4.79 Å². The van der Waals surface area contributed by atoms with Gasteiger partial charge in [0.2, 0.25) is 0 Å². The van der Waals surface area contributed by atoms with Gasteiger partial charge in [-0.05, 0) is 19.4 Å². The molecule has 1 N–H and O–H groups in total. The van der Waals surface area contributed by atoms with Crippen LogP contribution in [0.4, 0.5) is 0 Å². The molecule has 0 aromatic heterocycles. The summed E-state index contributed by atoms with van der Waals surface area (Å²) in [5.41, 5.74) is 0. The molecule has 0 aromatic rings. The number of ether oxygens (including phenoxy) is 1. The smallest absolute Gasteiger partial charge is 0.303 e. The number of aliphatic carboxylic acids is 1. The summed E-state index contributed by atoms with van der Waals surface area (Å²) in [5, 5.41) is 8.52. The van der Waals surface area contributed by atoms with E-state index in [-0.39, 0.29) is 6.42 Å². The number of rotatable bonds is 5. The third-order valence-electron chi connectivity index (χ3n) is 2.66. The highest BCUT2D eigenvalue weighted by Crippen LogP contribution is 2.10. The molecule has 1 atom stereocenters. The second-order valence-electron chi connectivity index (χ2n) is 3.67. The molecule has 82 valence electrons. The molecule has 1 heterocycles. The van der Waals surface area contributed by atoms with Crippen LogP contribution in [0.1, 0.15) is 26.2 Å². The number of nitrogens with zero attached hydrogens (tertiary/aromatic N) is 1. The summed E-state index contributed by atoms with van der Waals surface area (Å²) in [6.45, 7) is 5.54. The van der Waals surface area contributed by atoms with Crippen molar-refractivity contribution in [1.82, 2.24) is 4.90 Å². The Balaban J connectivity index is 2.22. The predicted octanol–water partition coefficient (Wildman–Crippen LogP) is 0.962. The minimum Gasteiger partial charge on any atom is -0.481 e. The monoisotopic (exact) mass is 201 g/mol. The molecule has 1 rings (SSSR count). The van der Waals surface area contributed by atoms with E-state index in [4.69, 9.17) is 9.84 Å². The van der Waals surface area contributed by atoms with E-state index >= 15 is 0 Å². The Kier molecular flexibility index (Phi) is 4.90. The Morgan fingerprint density at radius 3 is 3.07 bits per heavy atom. The van der Waals surface area contributed by atoms with E-state index in [0.29, 0.717) is 6.04 Å². The second-order valence-corrected chi connectivity index (χ2v) is 3.67. The minimum absolute atomic E-state index is 0.272. The average molecular weight is 201 g/mol. The molecular formula is C10H19NO3. The molecule has 0 spiro atoms. The number of morpholine rings is 1. The lowest BCUT2D eigenvalue weighted by atomic mass is 10.1. The molecule has 14 heavy (non-hydrogen) atoms. The molecule has 1 fully saturated rings. The van der Waals surface area contributed by atoms with Crippen LogP contribution < -0.4 is 0 Å². The van der Waals surface area contributed by atoms with Gasteiger partial charge in [-0.15, -0.1) is 0 Å². The third-order valence-corrected chi connectivity index (χ3v) is 2.66. The molecule has 0 radical (unpaired) electrons. The first-order chi connectivity index (χ1) is 6.74. The fourth-order valence-corrected chi connectivity index (χ4v) is 1.79. The SMILES string of the molecule is CCC1COCCN1CCCC(=O)O. The lowest BCUT2D eigenvalue weighted by Crippen LogP contribution is -2.45. The maximum absolute atomic E-state index is 10.3. The van der Waals surface area contributed by atoms with Crippen LogP contribution in [0.3, 0.4) is 0 Å². The first-order valence-corrected chi connectivity index (χ1v) is 5.27. The van der Waals surface area contributed by atoms with Gasteiger partial charge in [0.25, 0.3) is 0 Å². The van der Waals surface area contributed by atoms with Gasteiger partial charge in [0.1, 0.15) is 0 Å². The summed E-state index contributed by atoms with van der Waals surface area (Å²) in [7, 11) is 0. The highest BCUT2D eigenvalue weighted by molar-refractivity contribution is 5.66. The molecule has 4 nitrogen and oxygen atoms in total. The van der Waals surface area contributed by atoms with Gasteiger partial charge in [0.05, 0.1) is 13.2 Å². The first-order valence-electron chi connectivity index (χ1n) is 5.27. The van der Waals surface area contributed by atoms with Gasteiger partial charge in [-0.25, -0.2) is 0 Å². The molecule has 4 heteroatoms. The van der Waals surface area contributed by atoms with Crippen molar-refractivity contribution in [3.63, 3.8) is 0 Å². The highest BCUT2D eigenvalue weighted by atomic mass is 16.5. The van der Waals surface area contributed by atoms with Crippen molar-refractivity contribution in [3.05, 3.63) is 0 Å². The van der Waals surface area contributed by atoms with Crippen LogP contribution in [0.25, 0.3) is 0 Å². The van der Waals surface area contributed by atoms with Gasteiger partial charge >= 0.3 is 5.97 Å². The summed E-state index contributed by atoms with van der Waals surface area (Å²) in [4.78, 5) is 12.7. The van der Waals surface area contributed by atoms with Crippen LogP contribution >= 0.6 is 0 Å². The van der Waals surface area contributed by atoms with Crippen molar-refractivity contribution >= 4 is 5.97 Å². The summed E-state index contributed by atoms with van der Waals surface area (Å²) in [6.07, 6.45) is 2.09. The molecule has 1 unspecified atom stereocenters. The highest BCUT2D eigenvalue weighted by Gasteiger charge is 2.20. The molecule has 0 amide bonds. The Morgan fingerprint density at radius 2 is 2.43 bits per heavy atom. The molecule has 1 aliphatic rings. The zero-order chi connectivity index (χ0) is 10.4. The average Bonchev–Trinajstić information content (AvgIpc) is 2.18. The van der Waals surface area contributed by atoms with Gasteiger partial charge in [-0.3, -0.25) is 9.69 Å². The lowest BCUT2D eigenvalue weighted by Gasteiger charge is -2.34. The summed E-state index contributed by atoms with van der Waals surface area (Å²) in [5.74, 6) is -0.702. The van der Waals surface area contributed by atoms with Gasteiger partial charge < -0.3 is 9.84 Å². The van der Waals surface area contributed by atoms with Crippen LogP contribution in [0.2, 0.25) is 0 Å². The zero-order valence-electron chi connectivity index (χ0n) is 8.74. The number of carboxylic acids is 1. The van der Waals surface area contributed by atoms with Crippen molar-refractivity contribution in [2.24, 2.45) is 0 Å². The topological polar surface area (TPSA) is 49.8 Å². The Bertz CT molecular complexity index is 184. The normalized spacial score (nSPS) is 23.6. The van der Waals surface area contributed by atoms with Crippen LogP contribution in [0.5, 0.6) is 0 Å². The predicted molar refractivity (Wildman–Crippen MR) is 53.3 cm³/mol. The molecule has 0 bridgehead atoms. The largest absolute Gasteiger partial charge is 0.481 e. The third kappa shape index (κ3) is 3.64. The molecule has 0 aliphatic carbocycles. The first kappa shape index (κ1) is 11.5. The quantitative estimate of drug-likeness (QED) is 0.720. The zero-order valence-corrected chi connectivity index (χ0v) is 8.74. The van der Waals surface area contributed by atoms with Crippen LogP contribution in [0, 0.1) is 0 Å². The van der Waals surface area contributed by atoms with Crippen molar-refractivity contribution in [1.29, 1.82) is 0 Å². The van der Waals surface area contributed by atoms with Gasteiger partial charge in [0.15, 0.2) is 0 Å². The van der Waals surface area contributed by atoms with Crippen molar-refractivity contribution in [2.45, 2.75) is 32.2 Å². The van der Waals surface area contributed by atoms with Gasteiger partial charge in [-0.2, -0.15) is 0 Å². The Hall–Kier alpha value is -0.610. The van der Waals surface area contributed by atoms with E-state index in [1.165, 1.54) is 0 Å². The Morgan fingerprint density at radius 1 is 1.64 bits per heavy atom. The summed E-state index contributed by atoms with van der Waals surface area (Å²) in [6, 6.07) is 0.484. The van der Waals surface area contributed by atoms with E-state index in [1.54, 1.807) is 0 Å². The fourth-order valence-electron chi connectivity index (χ4n) is 1.79. The fraction of sp³-hybridized carbons (Fsp3) is 0.900. The number of carboxylic acid groups (broad SMARTS) is 1. The summed E-state index contributed by atoms with van der Waals surface area (Å²) < 4.78 is 5.37. The maximum Gasteiger partial charge on any atom is 0.303 e. The van der Waals surface area contributed by atoms with E-state index in [1.807, 2.05) is 0 Å². The van der Waals surface area contributed by atoms with Crippen molar-refractivity contribution < 1.29 is 14.6 Å². The van der Waals surface area contributed by atoms with Crippen LogP contribution in [-0.2, 0) is 9.53 Å². The molecular weight excluding hydrogens is 182 g/mol. The molecule has 0 saturated carbocycles. The second kappa shape index (κ2) is 5.98. The van der Waals surface area contributed by atoms with Crippen LogP contribution in [0.15, 0.2) is 0 Å². The van der Waals surface area contributed by atoms with Gasteiger partial charge in [-0.1, -0.05) is 6.92 Å². The standard InChI is InChI=1S/C10H19NO3/c1-2-9-8-14-7-6-11(9)5-3-4-10(12)13/h9H,2-8H2,1H3,(H,12,13). The van der Waals surface area contributed by atoms with Crippen LogP contribution in [-0.4, -0.2) is 48.3 Å². The molecule has 1 aliphatic heterocycles. The summed E-state index contributed by atoms with van der Waals surface area (Å²) >= 11 is 0. The number of hydrogen-bond donors (Lipinski definition) is 1. The maximum atomic E-state index is 10.3. The minimum atomic E-state index is -0.702.